The number of hydrogen-bond acceptors (Lipinski definition) is 5. The van der Waals surface area contributed by atoms with E-state index < -0.39 is 28.5 Å². The largest absolute Gasteiger partial charge is 0.495 e. The zero-order valence-corrected chi connectivity index (χ0v) is 29.3. The second-order valence-corrected chi connectivity index (χ2v) is 14.3. The number of methoxy groups -OCH3 is 1. The highest BCUT2D eigenvalue weighted by atomic mass is 35.5. The molecule has 0 aliphatic heterocycles. The molecule has 0 spiro atoms. The molecule has 4 aromatic carbocycles. The molecule has 1 N–H and O–H groups in total. The third-order valence-electron chi connectivity index (χ3n) is 7.33. The van der Waals surface area contributed by atoms with Crippen molar-refractivity contribution < 1.29 is 22.7 Å². The lowest BCUT2D eigenvalue weighted by Gasteiger charge is -2.34. The molecule has 0 saturated heterocycles. The van der Waals surface area contributed by atoms with Crippen LogP contribution in [0.25, 0.3) is 0 Å². The van der Waals surface area contributed by atoms with Gasteiger partial charge < -0.3 is 15.0 Å². The van der Waals surface area contributed by atoms with Crippen molar-refractivity contribution in [2.75, 3.05) is 24.5 Å². The molecule has 0 heterocycles. The Balaban J connectivity index is 1.83. The van der Waals surface area contributed by atoms with E-state index in [0.29, 0.717) is 22.9 Å². The Labute approximate surface area is 291 Å². The van der Waals surface area contributed by atoms with Crippen LogP contribution >= 0.6 is 34.8 Å². The van der Waals surface area contributed by atoms with E-state index in [-0.39, 0.29) is 45.4 Å². The van der Waals surface area contributed by atoms with Gasteiger partial charge in [-0.15, -0.1) is 0 Å². The molecule has 1 unspecified atom stereocenters. The Morgan fingerprint density at radius 2 is 1.47 bits per heavy atom. The SMILES string of the molecule is COc1ccc(N(CC(=O)N(Cc2ccc(Cl)c(Cl)c2)C(Cc2ccccc2)C(=O)NCC(C)C)S(=O)(=O)c2ccccc2)cc1Cl. The number of sulfonamides is 1. The number of rotatable bonds is 14. The van der Waals surface area contributed by atoms with E-state index in [9.17, 15) is 18.0 Å². The number of nitrogens with zero attached hydrogens (tertiary/aromatic N) is 2. The summed E-state index contributed by atoms with van der Waals surface area (Å²) in [6.45, 7) is 3.64. The van der Waals surface area contributed by atoms with Crippen molar-refractivity contribution in [2.45, 2.75) is 37.8 Å². The fourth-order valence-corrected chi connectivity index (χ4v) is 6.87. The summed E-state index contributed by atoms with van der Waals surface area (Å²) >= 11 is 18.9. The number of benzene rings is 4. The number of hydrogen-bond donors (Lipinski definition) is 1. The van der Waals surface area contributed by atoms with Crippen LogP contribution in [0, 0.1) is 5.92 Å². The first kappa shape index (κ1) is 36.1. The van der Waals surface area contributed by atoms with Gasteiger partial charge in [0.2, 0.25) is 11.8 Å². The third kappa shape index (κ3) is 9.41. The zero-order valence-electron chi connectivity index (χ0n) is 26.2. The minimum atomic E-state index is -4.28. The van der Waals surface area contributed by atoms with Gasteiger partial charge in [0.05, 0.1) is 32.8 Å². The molecular weight excluding hydrogens is 681 g/mol. The molecule has 8 nitrogen and oxygen atoms in total. The van der Waals surface area contributed by atoms with Gasteiger partial charge in [-0.05, 0) is 59.5 Å². The van der Waals surface area contributed by atoms with Gasteiger partial charge in [0.15, 0.2) is 0 Å². The molecule has 12 heteroatoms. The molecule has 2 amide bonds. The third-order valence-corrected chi connectivity index (χ3v) is 10.1. The van der Waals surface area contributed by atoms with Gasteiger partial charge in [0, 0.05) is 19.5 Å². The fourth-order valence-electron chi connectivity index (χ4n) is 4.87. The Hall–Kier alpha value is -3.76. The first-order valence-electron chi connectivity index (χ1n) is 14.9. The summed E-state index contributed by atoms with van der Waals surface area (Å²) in [7, 11) is -2.84. The second-order valence-electron chi connectivity index (χ2n) is 11.3. The first-order chi connectivity index (χ1) is 22.4. The quantitative estimate of drug-likeness (QED) is 0.148. The van der Waals surface area contributed by atoms with Crippen LogP contribution in [0.3, 0.4) is 0 Å². The van der Waals surface area contributed by atoms with Crippen LogP contribution < -0.4 is 14.4 Å². The Kier molecular flexibility index (Phi) is 12.6. The van der Waals surface area contributed by atoms with E-state index >= 15 is 0 Å². The molecule has 0 aromatic heterocycles. The molecule has 0 radical (unpaired) electrons. The smallest absolute Gasteiger partial charge is 0.264 e. The van der Waals surface area contributed by atoms with Crippen LogP contribution in [0.4, 0.5) is 5.69 Å². The lowest BCUT2D eigenvalue weighted by atomic mass is 10.0. The molecule has 248 valence electrons. The first-order valence-corrected chi connectivity index (χ1v) is 17.4. The van der Waals surface area contributed by atoms with E-state index in [1.807, 2.05) is 44.2 Å². The lowest BCUT2D eigenvalue weighted by Crippen LogP contribution is -2.53. The van der Waals surface area contributed by atoms with Crippen LogP contribution in [0.2, 0.25) is 15.1 Å². The van der Waals surface area contributed by atoms with Crippen LogP contribution in [-0.4, -0.2) is 51.4 Å². The number of ether oxygens (including phenoxy) is 1. The Bertz CT molecular complexity index is 1790. The molecule has 47 heavy (non-hydrogen) atoms. The number of anilines is 1. The summed E-state index contributed by atoms with van der Waals surface area (Å²) in [6, 6.07) is 25.5. The van der Waals surface area contributed by atoms with E-state index in [0.717, 1.165) is 9.87 Å². The number of amides is 2. The average Bonchev–Trinajstić information content (AvgIpc) is 3.06. The molecule has 4 rings (SSSR count). The van der Waals surface area contributed by atoms with Gasteiger partial charge in [-0.1, -0.05) is 103 Å². The molecule has 0 fully saturated rings. The average molecular weight is 717 g/mol. The maximum Gasteiger partial charge on any atom is 0.264 e. The van der Waals surface area contributed by atoms with Crippen molar-refractivity contribution in [3.8, 4) is 5.75 Å². The molecule has 0 aliphatic carbocycles. The van der Waals surface area contributed by atoms with Crippen molar-refractivity contribution in [1.82, 2.24) is 10.2 Å². The van der Waals surface area contributed by atoms with E-state index in [2.05, 4.69) is 5.32 Å². The van der Waals surface area contributed by atoms with Crippen LogP contribution in [0.1, 0.15) is 25.0 Å². The van der Waals surface area contributed by atoms with Crippen molar-refractivity contribution in [3.05, 3.63) is 123 Å². The summed E-state index contributed by atoms with van der Waals surface area (Å²) < 4.78 is 34.5. The second kappa shape index (κ2) is 16.4. The van der Waals surface area contributed by atoms with Crippen molar-refractivity contribution in [1.29, 1.82) is 0 Å². The standard InChI is InChI=1S/C35H36Cl3N3O5S/c1-24(2)21-39-35(43)32(19-25-10-6-4-7-11-25)40(22-26-14-16-29(36)30(37)18-26)34(42)23-41(27-15-17-33(46-3)31(38)20-27)47(44,45)28-12-8-5-9-13-28/h4-18,20,24,32H,19,21-23H2,1-3H3,(H,39,43). The van der Waals surface area contributed by atoms with E-state index in [1.54, 1.807) is 36.4 Å². The van der Waals surface area contributed by atoms with E-state index in [4.69, 9.17) is 39.5 Å². The topological polar surface area (TPSA) is 96.0 Å². The minimum Gasteiger partial charge on any atom is -0.495 e. The summed E-state index contributed by atoms with van der Waals surface area (Å²) in [6.07, 6.45) is 0.178. The Morgan fingerprint density at radius 3 is 2.06 bits per heavy atom. The molecule has 0 aliphatic rings. The van der Waals surface area contributed by atoms with Crippen molar-refractivity contribution in [2.24, 2.45) is 5.92 Å². The van der Waals surface area contributed by atoms with Gasteiger partial charge in [-0.3, -0.25) is 13.9 Å². The number of carbonyl (C=O) groups excluding carboxylic acids is 2. The fraction of sp³-hybridized carbons (Fsp3) is 0.257. The highest BCUT2D eigenvalue weighted by molar-refractivity contribution is 7.92. The van der Waals surface area contributed by atoms with Gasteiger partial charge in [0.25, 0.3) is 10.0 Å². The summed E-state index contributed by atoms with van der Waals surface area (Å²) in [5, 5.41) is 3.74. The predicted molar refractivity (Wildman–Crippen MR) is 188 cm³/mol. The predicted octanol–water partition coefficient (Wildman–Crippen LogP) is 7.26. The maximum absolute atomic E-state index is 14.6. The van der Waals surface area contributed by atoms with Gasteiger partial charge >= 0.3 is 0 Å². The zero-order chi connectivity index (χ0) is 34.1. The van der Waals surface area contributed by atoms with Crippen LogP contribution in [0.15, 0.2) is 102 Å². The number of carbonyl (C=O) groups is 2. The summed E-state index contributed by atoms with van der Waals surface area (Å²) in [5.74, 6) is -0.504. The van der Waals surface area contributed by atoms with Crippen LogP contribution in [0.5, 0.6) is 5.75 Å². The van der Waals surface area contributed by atoms with Crippen molar-refractivity contribution in [3.63, 3.8) is 0 Å². The molecule has 0 bridgehead atoms. The van der Waals surface area contributed by atoms with Gasteiger partial charge in [-0.2, -0.15) is 0 Å². The molecular formula is C35H36Cl3N3O5S. The molecule has 1 atom stereocenters. The normalized spacial score (nSPS) is 12.0. The van der Waals surface area contributed by atoms with Gasteiger partial charge in [-0.25, -0.2) is 8.42 Å². The number of nitrogens with one attached hydrogen (secondary N) is 1. The highest BCUT2D eigenvalue weighted by Gasteiger charge is 2.35. The monoisotopic (exact) mass is 715 g/mol. The highest BCUT2D eigenvalue weighted by Crippen LogP contribution is 2.32. The van der Waals surface area contributed by atoms with Gasteiger partial charge in [0.1, 0.15) is 18.3 Å². The van der Waals surface area contributed by atoms with Crippen molar-refractivity contribution >= 4 is 62.3 Å². The summed E-state index contributed by atoms with van der Waals surface area (Å²) in [4.78, 5) is 29.8. The number of halogens is 3. The maximum atomic E-state index is 14.6. The Morgan fingerprint density at radius 1 is 0.809 bits per heavy atom. The summed E-state index contributed by atoms with van der Waals surface area (Å²) in [5.41, 5.74) is 1.57. The lowest BCUT2D eigenvalue weighted by molar-refractivity contribution is -0.140. The molecule has 4 aromatic rings. The van der Waals surface area contributed by atoms with Crippen LogP contribution in [-0.2, 0) is 32.6 Å². The minimum absolute atomic E-state index is 0.0220. The molecule has 0 saturated carbocycles. The van der Waals surface area contributed by atoms with E-state index in [1.165, 1.54) is 42.3 Å².